The lowest BCUT2D eigenvalue weighted by molar-refractivity contribution is 0.322. The zero-order valence-electron chi connectivity index (χ0n) is 11.6. The third-order valence-electron chi connectivity index (χ3n) is 2.17. The molecule has 1 rings (SSSR count). The molecule has 0 amide bonds. The molecular formula is C13H22N2O3S. The SMILES string of the molecule is CC(C)(C)CS(=O)(=O)NCCOc1cccc(N)c1. The number of sulfonamides is 1. The first-order chi connectivity index (χ1) is 8.68. The summed E-state index contributed by atoms with van der Waals surface area (Å²) in [4.78, 5) is 0. The maximum absolute atomic E-state index is 11.7. The van der Waals surface area contributed by atoms with Crippen LogP contribution in [-0.4, -0.2) is 27.3 Å². The normalized spacial score (nSPS) is 12.4. The number of hydrogen-bond acceptors (Lipinski definition) is 4. The van der Waals surface area contributed by atoms with E-state index in [9.17, 15) is 8.42 Å². The van der Waals surface area contributed by atoms with Crippen LogP contribution in [-0.2, 0) is 10.0 Å². The maximum Gasteiger partial charge on any atom is 0.212 e. The second kappa shape index (κ2) is 6.25. The van der Waals surface area contributed by atoms with Crippen LogP contribution in [0.3, 0.4) is 0 Å². The Balaban J connectivity index is 2.35. The van der Waals surface area contributed by atoms with Crippen LogP contribution in [0.2, 0.25) is 0 Å². The average Bonchev–Trinajstić information content (AvgIpc) is 2.21. The van der Waals surface area contributed by atoms with Crippen molar-refractivity contribution in [2.75, 3.05) is 24.6 Å². The van der Waals surface area contributed by atoms with Crippen molar-refractivity contribution in [2.45, 2.75) is 20.8 Å². The van der Waals surface area contributed by atoms with E-state index in [1.165, 1.54) is 0 Å². The van der Waals surface area contributed by atoms with Crippen LogP contribution in [0, 0.1) is 5.41 Å². The van der Waals surface area contributed by atoms with Gasteiger partial charge in [0.2, 0.25) is 10.0 Å². The number of rotatable bonds is 6. The monoisotopic (exact) mass is 286 g/mol. The van der Waals surface area contributed by atoms with Crippen molar-refractivity contribution in [2.24, 2.45) is 5.41 Å². The molecule has 0 bridgehead atoms. The molecule has 0 radical (unpaired) electrons. The summed E-state index contributed by atoms with van der Waals surface area (Å²) < 4.78 is 31.4. The summed E-state index contributed by atoms with van der Waals surface area (Å²) in [6, 6.07) is 7.02. The standard InChI is InChI=1S/C13H22N2O3S/c1-13(2,3)10-19(16,17)15-7-8-18-12-6-4-5-11(14)9-12/h4-6,9,15H,7-8,10,14H2,1-3H3. The van der Waals surface area contributed by atoms with Gasteiger partial charge in [0.15, 0.2) is 0 Å². The van der Waals surface area contributed by atoms with Crippen LogP contribution in [0.1, 0.15) is 20.8 Å². The second-order valence-electron chi connectivity index (χ2n) is 5.64. The Hall–Kier alpha value is -1.27. The fraction of sp³-hybridized carbons (Fsp3) is 0.538. The van der Waals surface area contributed by atoms with Gasteiger partial charge < -0.3 is 10.5 Å². The molecule has 1 aromatic rings. The Morgan fingerprint density at radius 2 is 2.00 bits per heavy atom. The lowest BCUT2D eigenvalue weighted by Gasteiger charge is -2.18. The molecule has 0 unspecified atom stereocenters. The predicted octanol–water partition coefficient (Wildman–Crippen LogP) is 1.61. The van der Waals surface area contributed by atoms with E-state index in [1.54, 1.807) is 24.3 Å². The molecule has 1 aromatic carbocycles. The van der Waals surface area contributed by atoms with Crippen molar-refractivity contribution in [3.8, 4) is 5.75 Å². The first kappa shape index (κ1) is 15.8. The summed E-state index contributed by atoms with van der Waals surface area (Å²) in [6.45, 7) is 6.17. The van der Waals surface area contributed by atoms with Crippen LogP contribution in [0.25, 0.3) is 0 Å². The molecule has 6 heteroatoms. The summed E-state index contributed by atoms with van der Waals surface area (Å²) in [7, 11) is -3.26. The number of nitrogens with two attached hydrogens (primary N) is 1. The van der Waals surface area contributed by atoms with Gasteiger partial charge >= 0.3 is 0 Å². The van der Waals surface area contributed by atoms with E-state index in [4.69, 9.17) is 10.5 Å². The Morgan fingerprint density at radius 1 is 1.32 bits per heavy atom. The summed E-state index contributed by atoms with van der Waals surface area (Å²) in [5, 5.41) is 0. The summed E-state index contributed by atoms with van der Waals surface area (Å²) in [6.07, 6.45) is 0. The average molecular weight is 286 g/mol. The van der Waals surface area contributed by atoms with Crippen LogP contribution < -0.4 is 15.2 Å². The van der Waals surface area contributed by atoms with E-state index < -0.39 is 10.0 Å². The number of nitrogen functional groups attached to an aromatic ring is 1. The number of anilines is 1. The number of ether oxygens (including phenoxy) is 1. The van der Waals surface area contributed by atoms with Gasteiger partial charge in [-0.25, -0.2) is 13.1 Å². The molecule has 19 heavy (non-hydrogen) atoms. The van der Waals surface area contributed by atoms with E-state index >= 15 is 0 Å². The van der Waals surface area contributed by atoms with Gasteiger partial charge in [-0.15, -0.1) is 0 Å². The molecule has 0 heterocycles. The summed E-state index contributed by atoms with van der Waals surface area (Å²) in [5.74, 6) is 0.730. The zero-order valence-corrected chi connectivity index (χ0v) is 12.5. The quantitative estimate of drug-likeness (QED) is 0.615. The lowest BCUT2D eigenvalue weighted by atomic mass is 10.0. The molecule has 3 N–H and O–H groups in total. The highest BCUT2D eigenvalue weighted by Gasteiger charge is 2.20. The van der Waals surface area contributed by atoms with E-state index in [-0.39, 0.29) is 24.3 Å². The molecule has 0 saturated heterocycles. The molecule has 108 valence electrons. The van der Waals surface area contributed by atoms with E-state index in [0.29, 0.717) is 11.4 Å². The Labute approximate surface area is 115 Å². The number of benzene rings is 1. The molecule has 0 aliphatic carbocycles. The third-order valence-corrected chi connectivity index (χ3v) is 4.06. The van der Waals surface area contributed by atoms with Gasteiger partial charge in [0.1, 0.15) is 12.4 Å². The van der Waals surface area contributed by atoms with Gasteiger partial charge in [-0.05, 0) is 17.5 Å². The maximum atomic E-state index is 11.7. The molecule has 5 nitrogen and oxygen atoms in total. The van der Waals surface area contributed by atoms with E-state index in [2.05, 4.69) is 4.72 Å². The predicted molar refractivity (Wildman–Crippen MR) is 77.6 cm³/mol. The number of hydrogen-bond donors (Lipinski definition) is 2. The smallest absolute Gasteiger partial charge is 0.212 e. The van der Waals surface area contributed by atoms with Crippen molar-refractivity contribution in [3.05, 3.63) is 24.3 Å². The molecular weight excluding hydrogens is 264 g/mol. The molecule has 0 saturated carbocycles. The summed E-state index contributed by atoms with van der Waals surface area (Å²) >= 11 is 0. The van der Waals surface area contributed by atoms with Crippen molar-refractivity contribution in [1.29, 1.82) is 0 Å². The summed E-state index contributed by atoms with van der Waals surface area (Å²) in [5.41, 5.74) is 5.96. The van der Waals surface area contributed by atoms with E-state index in [0.717, 1.165) is 0 Å². The van der Waals surface area contributed by atoms with Crippen molar-refractivity contribution in [3.63, 3.8) is 0 Å². The molecule has 0 aliphatic rings. The first-order valence-corrected chi connectivity index (χ1v) is 7.79. The van der Waals surface area contributed by atoms with Crippen molar-refractivity contribution in [1.82, 2.24) is 4.72 Å². The highest BCUT2D eigenvalue weighted by Crippen LogP contribution is 2.15. The Morgan fingerprint density at radius 3 is 2.58 bits per heavy atom. The fourth-order valence-corrected chi connectivity index (χ4v) is 3.23. The molecule has 0 aliphatic heterocycles. The van der Waals surface area contributed by atoms with Gasteiger partial charge in [0.25, 0.3) is 0 Å². The molecule has 0 fully saturated rings. The van der Waals surface area contributed by atoms with E-state index in [1.807, 2.05) is 20.8 Å². The van der Waals surface area contributed by atoms with Crippen LogP contribution >= 0.6 is 0 Å². The van der Waals surface area contributed by atoms with Gasteiger partial charge in [-0.1, -0.05) is 26.8 Å². The molecule has 0 aromatic heterocycles. The Kier molecular flexibility index (Phi) is 5.20. The highest BCUT2D eigenvalue weighted by atomic mass is 32.2. The zero-order chi connectivity index (χ0) is 14.5. The minimum Gasteiger partial charge on any atom is -0.492 e. The highest BCUT2D eigenvalue weighted by molar-refractivity contribution is 7.89. The van der Waals surface area contributed by atoms with Crippen LogP contribution in [0.15, 0.2) is 24.3 Å². The van der Waals surface area contributed by atoms with Gasteiger partial charge in [0, 0.05) is 18.3 Å². The Bertz CT molecular complexity index is 507. The third kappa shape index (κ3) is 7.03. The van der Waals surface area contributed by atoms with Crippen molar-refractivity contribution >= 4 is 15.7 Å². The molecule has 0 atom stereocenters. The number of nitrogens with one attached hydrogen (secondary N) is 1. The topological polar surface area (TPSA) is 81.4 Å². The lowest BCUT2D eigenvalue weighted by Crippen LogP contribution is -2.34. The minimum absolute atomic E-state index is 0.0955. The minimum atomic E-state index is -3.26. The van der Waals surface area contributed by atoms with Crippen LogP contribution in [0.4, 0.5) is 5.69 Å². The van der Waals surface area contributed by atoms with Crippen LogP contribution in [0.5, 0.6) is 5.75 Å². The van der Waals surface area contributed by atoms with Gasteiger partial charge in [-0.3, -0.25) is 0 Å². The second-order valence-corrected chi connectivity index (χ2v) is 7.44. The first-order valence-electron chi connectivity index (χ1n) is 6.14. The molecule has 0 spiro atoms. The van der Waals surface area contributed by atoms with Gasteiger partial charge in [0.05, 0.1) is 5.75 Å². The largest absolute Gasteiger partial charge is 0.492 e. The van der Waals surface area contributed by atoms with Gasteiger partial charge in [-0.2, -0.15) is 0 Å². The van der Waals surface area contributed by atoms with Crippen molar-refractivity contribution < 1.29 is 13.2 Å². The fourth-order valence-electron chi connectivity index (χ4n) is 1.59.